The van der Waals surface area contributed by atoms with E-state index in [1.165, 1.54) is 0 Å². The van der Waals surface area contributed by atoms with Crippen molar-refractivity contribution in [1.29, 1.82) is 0 Å². The number of carbonyl (C=O) groups excluding carboxylic acids is 2. The summed E-state index contributed by atoms with van der Waals surface area (Å²) in [5.41, 5.74) is 11.9. The molecule has 0 spiro atoms. The summed E-state index contributed by atoms with van der Waals surface area (Å²) in [5, 5.41) is 2.39. The summed E-state index contributed by atoms with van der Waals surface area (Å²) in [4.78, 5) is 21.6. The number of nitrogens with zero attached hydrogens (tertiary/aromatic N) is 3. The molecule has 0 aliphatic rings. The van der Waals surface area contributed by atoms with E-state index in [-0.39, 0.29) is 0 Å². The molecular weight excluding hydrogens is 112 g/mol. The van der Waals surface area contributed by atoms with Crippen LogP contribution in [0.2, 0.25) is 0 Å². The number of carbonyl (C=O) groups is 2. The minimum atomic E-state index is -1.27. The molecular formula is C2H2N4O2. The van der Waals surface area contributed by atoms with Crippen LogP contribution >= 0.6 is 0 Å². The Kier molecular flexibility index (Phi) is 2.09. The van der Waals surface area contributed by atoms with Gasteiger partial charge in [0, 0.05) is 4.91 Å². The first-order valence-corrected chi connectivity index (χ1v) is 1.57. The van der Waals surface area contributed by atoms with Gasteiger partial charge in [-0.1, -0.05) is 0 Å². The fraction of sp³-hybridized carbons (Fsp3) is 0. The van der Waals surface area contributed by atoms with Crippen LogP contribution in [0.3, 0.4) is 0 Å². The average molecular weight is 114 g/mol. The summed E-state index contributed by atoms with van der Waals surface area (Å²) in [7, 11) is 0. The lowest BCUT2D eigenvalue weighted by atomic mass is 10.6. The van der Waals surface area contributed by atoms with Crippen LogP contribution in [0.1, 0.15) is 0 Å². The molecule has 0 aromatic heterocycles. The number of hydrogen-bond acceptors (Lipinski definition) is 2. The summed E-state index contributed by atoms with van der Waals surface area (Å²) in [6.07, 6.45) is 0. The number of hydrogen-bond donors (Lipinski definition) is 1. The quantitative estimate of drug-likeness (QED) is 0.194. The minimum absolute atomic E-state index is 1.25. The van der Waals surface area contributed by atoms with Crippen LogP contribution in [0.4, 0.5) is 0 Å². The molecule has 6 nitrogen and oxygen atoms in total. The topological polar surface area (TPSA) is 109 Å². The summed E-state index contributed by atoms with van der Waals surface area (Å²) in [6.45, 7) is 0. The third kappa shape index (κ3) is 1.78. The van der Waals surface area contributed by atoms with E-state index in [2.05, 4.69) is 10.8 Å². The Morgan fingerprint density at radius 3 is 2.25 bits per heavy atom. The Morgan fingerprint density at radius 1 is 1.62 bits per heavy atom. The van der Waals surface area contributed by atoms with Crippen molar-refractivity contribution in [1.82, 2.24) is 0 Å². The predicted octanol–water partition coefficient (Wildman–Crippen LogP) is -0.691. The van der Waals surface area contributed by atoms with Gasteiger partial charge in [0.2, 0.25) is 0 Å². The Labute approximate surface area is 43.9 Å². The minimum Gasteiger partial charge on any atom is -0.363 e. The van der Waals surface area contributed by atoms with Gasteiger partial charge in [-0.2, -0.15) is 0 Å². The van der Waals surface area contributed by atoms with Crippen LogP contribution < -0.4 is 5.73 Å². The van der Waals surface area contributed by atoms with E-state index < -0.39 is 11.8 Å². The maximum Gasteiger partial charge on any atom is 0.305 e. The maximum absolute atomic E-state index is 9.85. The number of rotatable bonds is 0. The van der Waals surface area contributed by atoms with Crippen molar-refractivity contribution < 1.29 is 9.59 Å². The molecule has 0 saturated heterocycles. The van der Waals surface area contributed by atoms with Crippen molar-refractivity contribution in [2.75, 3.05) is 0 Å². The van der Waals surface area contributed by atoms with Crippen LogP contribution in [-0.4, -0.2) is 11.8 Å². The molecule has 0 radical (unpaired) electrons. The molecule has 6 heteroatoms. The van der Waals surface area contributed by atoms with Crippen LogP contribution in [0.25, 0.3) is 10.4 Å². The highest BCUT2D eigenvalue weighted by Crippen LogP contribution is 1.70. The first kappa shape index (κ1) is 6.45. The summed E-state index contributed by atoms with van der Waals surface area (Å²) >= 11 is 0. The Hall–Kier alpha value is -1.55. The average Bonchev–Trinajstić information content (AvgIpc) is 1.67. The van der Waals surface area contributed by atoms with Crippen molar-refractivity contribution in [2.24, 2.45) is 10.8 Å². The van der Waals surface area contributed by atoms with Gasteiger partial charge < -0.3 is 5.73 Å². The molecule has 0 atom stereocenters. The van der Waals surface area contributed by atoms with E-state index in [1.54, 1.807) is 0 Å². The van der Waals surface area contributed by atoms with Crippen molar-refractivity contribution in [3.63, 3.8) is 0 Å². The highest BCUT2D eigenvalue weighted by Gasteiger charge is 2.02. The third-order valence-corrected chi connectivity index (χ3v) is 0.346. The Balaban J connectivity index is 4.05. The second-order valence-electron chi connectivity index (χ2n) is 0.859. The molecule has 0 heterocycles. The van der Waals surface area contributed by atoms with Crippen molar-refractivity contribution in [2.45, 2.75) is 0 Å². The molecule has 8 heavy (non-hydrogen) atoms. The van der Waals surface area contributed by atoms with Crippen LogP contribution in [0, 0.1) is 0 Å². The zero-order valence-electron chi connectivity index (χ0n) is 3.74. The zero-order valence-corrected chi connectivity index (χ0v) is 3.74. The van der Waals surface area contributed by atoms with Crippen LogP contribution in [0.15, 0.2) is 5.11 Å². The van der Waals surface area contributed by atoms with E-state index in [0.29, 0.717) is 0 Å². The molecule has 0 aromatic carbocycles. The molecule has 0 aliphatic carbocycles. The molecule has 2 N–H and O–H groups in total. The first-order valence-electron chi connectivity index (χ1n) is 1.57. The Morgan fingerprint density at radius 2 is 2.12 bits per heavy atom. The third-order valence-electron chi connectivity index (χ3n) is 0.346. The summed E-state index contributed by atoms with van der Waals surface area (Å²) < 4.78 is 0. The van der Waals surface area contributed by atoms with Gasteiger partial charge >= 0.3 is 5.91 Å². The number of azide groups is 1. The van der Waals surface area contributed by atoms with Crippen molar-refractivity contribution in [3.05, 3.63) is 10.4 Å². The molecule has 0 bridgehead atoms. The van der Waals surface area contributed by atoms with Gasteiger partial charge in [-0.15, -0.1) is 0 Å². The van der Waals surface area contributed by atoms with E-state index in [4.69, 9.17) is 5.53 Å². The van der Waals surface area contributed by atoms with Gasteiger partial charge in [0.1, 0.15) is 0 Å². The van der Waals surface area contributed by atoms with Crippen LogP contribution in [0.5, 0.6) is 0 Å². The molecule has 0 rings (SSSR count). The lowest BCUT2D eigenvalue weighted by molar-refractivity contribution is -0.135. The predicted molar refractivity (Wildman–Crippen MR) is 23.3 cm³/mol. The molecule has 0 aromatic rings. The summed E-state index contributed by atoms with van der Waals surface area (Å²) in [6, 6.07) is 0. The van der Waals surface area contributed by atoms with E-state index >= 15 is 0 Å². The second-order valence-corrected chi connectivity index (χ2v) is 0.859. The fourth-order valence-corrected chi connectivity index (χ4v) is 0.0899. The van der Waals surface area contributed by atoms with Gasteiger partial charge in [-0.05, 0) is 10.6 Å². The molecule has 42 valence electrons. The van der Waals surface area contributed by atoms with E-state index in [9.17, 15) is 9.59 Å². The molecule has 0 fully saturated rings. The number of amides is 2. The smallest absolute Gasteiger partial charge is 0.305 e. The van der Waals surface area contributed by atoms with Gasteiger partial charge in [0.15, 0.2) is 0 Å². The number of primary amides is 1. The fourth-order valence-electron chi connectivity index (χ4n) is 0.0899. The highest BCUT2D eigenvalue weighted by molar-refractivity contribution is 6.34. The SMILES string of the molecule is [N-]=[N+]=NC(=O)C(N)=O. The zero-order chi connectivity index (χ0) is 6.57. The summed E-state index contributed by atoms with van der Waals surface area (Å²) in [5.74, 6) is -2.52. The Bertz CT molecular complexity index is 163. The van der Waals surface area contributed by atoms with Gasteiger partial charge in [0.05, 0.1) is 0 Å². The number of nitrogens with two attached hydrogens (primary N) is 1. The van der Waals surface area contributed by atoms with Gasteiger partial charge in [-0.3, -0.25) is 9.59 Å². The monoisotopic (exact) mass is 114 g/mol. The molecule has 2 amide bonds. The standard InChI is InChI=1S/C2H2N4O2/c3-1(7)2(8)5-6-4/h(H2,3,7). The van der Waals surface area contributed by atoms with E-state index in [0.717, 1.165) is 0 Å². The van der Waals surface area contributed by atoms with Gasteiger partial charge in [-0.25, -0.2) is 0 Å². The highest BCUT2D eigenvalue weighted by atomic mass is 16.2. The lowest BCUT2D eigenvalue weighted by Crippen LogP contribution is -2.20. The van der Waals surface area contributed by atoms with Crippen molar-refractivity contribution in [3.8, 4) is 0 Å². The first-order chi connectivity index (χ1) is 3.68. The lowest BCUT2D eigenvalue weighted by Gasteiger charge is -1.75. The van der Waals surface area contributed by atoms with Crippen molar-refractivity contribution >= 4 is 11.8 Å². The normalized spacial score (nSPS) is 7.00. The van der Waals surface area contributed by atoms with E-state index in [1.807, 2.05) is 4.91 Å². The molecule has 0 unspecified atom stereocenters. The maximum atomic E-state index is 9.85. The largest absolute Gasteiger partial charge is 0.363 e. The van der Waals surface area contributed by atoms with Gasteiger partial charge in [0.25, 0.3) is 5.91 Å². The van der Waals surface area contributed by atoms with Crippen LogP contribution in [-0.2, 0) is 9.59 Å². The molecule has 0 saturated carbocycles. The second kappa shape index (κ2) is 2.59. The molecule has 0 aliphatic heterocycles.